The summed E-state index contributed by atoms with van der Waals surface area (Å²) in [4.78, 5) is 0. The van der Waals surface area contributed by atoms with Gasteiger partial charge in [0.1, 0.15) is 5.75 Å². The fourth-order valence-electron chi connectivity index (χ4n) is 3.63. The lowest BCUT2D eigenvalue weighted by atomic mass is 9.92. The zero-order valence-electron chi connectivity index (χ0n) is 14.5. The van der Waals surface area contributed by atoms with Gasteiger partial charge in [-0.1, -0.05) is 54.6 Å². The quantitative estimate of drug-likeness (QED) is 0.252. The van der Waals surface area contributed by atoms with Gasteiger partial charge in [0.05, 0.1) is 12.4 Å². The van der Waals surface area contributed by atoms with Crippen molar-refractivity contribution in [2.24, 2.45) is 10.2 Å². The van der Waals surface area contributed by atoms with Crippen molar-refractivity contribution in [2.75, 3.05) is 0 Å². The molecule has 0 atom stereocenters. The van der Waals surface area contributed by atoms with E-state index in [1.165, 1.54) is 32.3 Å². The molecule has 0 spiro atoms. The van der Waals surface area contributed by atoms with Crippen molar-refractivity contribution < 1.29 is 5.11 Å². The Kier molecular flexibility index (Phi) is 3.58. The lowest BCUT2D eigenvalue weighted by molar-refractivity contribution is 0.475. The highest BCUT2D eigenvalue weighted by atomic mass is 16.3. The molecule has 0 saturated heterocycles. The molecular formula is C24H16N2O. The lowest BCUT2D eigenvalue weighted by Crippen LogP contribution is -1.89. The third kappa shape index (κ3) is 2.70. The number of aromatic hydroxyl groups is 1. The molecule has 1 N–H and O–H groups in total. The molecule has 0 heterocycles. The van der Waals surface area contributed by atoms with Gasteiger partial charge < -0.3 is 5.11 Å². The van der Waals surface area contributed by atoms with E-state index in [2.05, 4.69) is 64.8 Å². The number of hydrogen-bond acceptors (Lipinski definition) is 3. The molecule has 3 nitrogen and oxygen atoms in total. The monoisotopic (exact) mass is 348 g/mol. The normalized spacial score (nSPS) is 12.3. The maximum atomic E-state index is 9.32. The van der Waals surface area contributed by atoms with E-state index in [1.54, 1.807) is 36.7 Å². The van der Waals surface area contributed by atoms with Gasteiger partial charge in [-0.3, -0.25) is 0 Å². The third-order valence-electron chi connectivity index (χ3n) is 4.93. The van der Waals surface area contributed by atoms with Crippen molar-refractivity contribution in [1.29, 1.82) is 0 Å². The van der Waals surface area contributed by atoms with E-state index >= 15 is 0 Å². The van der Waals surface area contributed by atoms with Crippen LogP contribution in [0.4, 0.5) is 0 Å². The van der Waals surface area contributed by atoms with Gasteiger partial charge in [0.15, 0.2) is 0 Å². The van der Waals surface area contributed by atoms with Gasteiger partial charge in [0.2, 0.25) is 0 Å². The van der Waals surface area contributed by atoms with Crippen molar-refractivity contribution in [3.63, 3.8) is 0 Å². The van der Waals surface area contributed by atoms with Crippen molar-refractivity contribution in [3.8, 4) is 5.75 Å². The Balaban J connectivity index is 1.58. The van der Waals surface area contributed by atoms with Crippen molar-refractivity contribution >= 4 is 44.7 Å². The number of rotatable bonds is 3. The van der Waals surface area contributed by atoms with Gasteiger partial charge >= 0.3 is 0 Å². The first-order valence-corrected chi connectivity index (χ1v) is 8.81. The molecule has 0 saturated carbocycles. The summed E-state index contributed by atoms with van der Waals surface area (Å²) in [7, 11) is 0. The lowest BCUT2D eigenvalue weighted by Gasteiger charge is -2.11. The first-order valence-electron chi connectivity index (χ1n) is 8.81. The second kappa shape index (κ2) is 6.22. The Morgan fingerprint density at radius 3 is 2.00 bits per heavy atom. The molecule has 5 aromatic carbocycles. The van der Waals surface area contributed by atoms with E-state index < -0.39 is 0 Å². The molecule has 0 bridgehead atoms. The summed E-state index contributed by atoms with van der Waals surface area (Å²) in [5.74, 6) is 0.240. The fraction of sp³-hybridized carbons (Fsp3) is 0. The minimum Gasteiger partial charge on any atom is -0.508 e. The molecule has 0 aliphatic carbocycles. The van der Waals surface area contributed by atoms with Gasteiger partial charge in [0, 0.05) is 5.56 Å². The zero-order valence-corrected chi connectivity index (χ0v) is 14.5. The second-order valence-corrected chi connectivity index (χ2v) is 6.59. The van der Waals surface area contributed by atoms with E-state index in [4.69, 9.17) is 0 Å². The van der Waals surface area contributed by atoms with Crippen molar-refractivity contribution in [2.45, 2.75) is 0 Å². The molecule has 5 aromatic rings. The van der Waals surface area contributed by atoms with Crippen molar-refractivity contribution in [1.82, 2.24) is 0 Å². The van der Waals surface area contributed by atoms with E-state index in [0.717, 1.165) is 11.1 Å². The smallest absolute Gasteiger partial charge is 0.115 e. The average Bonchev–Trinajstić information content (AvgIpc) is 2.71. The molecule has 0 unspecified atom stereocenters. The molecule has 0 aliphatic rings. The van der Waals surface area contributed by atoms with E-state index in [9.17, 15) is 5.11 Å². The van der Waals surface area contributed by atoms with Crippen LogP contribution < -0.4 is 0 Å². The summed E-state index contributed by atoms with van der Waals surface area (Å²) in [6.45, 7) is 0. The van der Waals surface area contributed by atoms with Gasteiger partial charge in [-0.05, 0) is 62.1 Å². The van der Waals surface area contributed by atoms with Gasteiger partial charge in [-0.15, -0.1) is 0 Å². The Morgan fingerprint density at radius 2 is 1.22 bits per heavy atom. The number of hydrogen-bond donors (Lipinski definition) is 1. The summed E-state index contributed by atoms with van der Waals surface area (Å²) in [5.41, 5.74) is 1.93. The molecule has 0 radical (unpaired) electrons. The van der Waals surface area contributed by atoms with Gasteiger partial charge in [0.25, 0.3) is 0 Å². The van der Waals surface area contributed by atoms with Crippen LogP contribution in [-0.2, 0) is 0 Å². The Labute approximate surface area is 156 Å². The summed E-state index contributed by atoms with van der Waals surface area (Å²) in [6, 6.07) is 26.2. The predicted octanol–water partition coefficient (Wildman–Crippen LogP) is 5.74. The third-order valence-corrected chi connectivity index (χ3v) is 4.93. The van der Waals surface area contributed by atoms with Crippen LogP contribution in [0, 0.1) is 0 Å². The number of benzene rings is 5. The topological polar surface area (TPSA) is 45.0 Å². The van der Waals surface area contributed by atoms with E-state index in [-0.39, 0.29) is 5.75 Å². The Morgan fingerprint density at radius 1 is 0.593 bits per heavy atom. The second-order valence-electron chi connectivity index (χ2n) is 6.59. The predicted molar refractivity (Wildman–Crippen MR) is 113 cm³/mol. The average molecular weight is 348 g/mol. The van der Waals surface area contributed by atoms with E-state index in [0.29, 0.717) is 0 Å². The van der Waals surface area contributed by atoms with Crippen LogP contribution in [0.25, 0.3) is 32.3 Å². The summed E-state index contributed by atoms with van der Waals surface area (Å²) >= 11 is 0. The van der Waals surface area contributed by atoms with E-state index in [1.807, 2.05) is 0 Å². The minimum absolute atomic E-state index is 0.240. The van der Waals surface area contributed by atoms with Crippen LogP contribution >= 0.6 is 0 Å². The first-order chi connectivity index (χ1) is 13.3. The highest BCUT2D eigenvalue weighted by Gasteiger charge is 2.09. The van der Waals surface area contributed by atoms with Crippen molar-refractivity contribution in [3.05, 3.63) is 90.0 Å². The van der Waals surface area contributed by atoms with Gasteiger partial charge in [-0.2, -0.15) is 10.2 Å². The number of phenols is 1. The van der Waals surface area contributed by atoms with Crippen LogP contribution in [0.1, 0.15) is 11.1 Å². The summed E-state index contributed by atoms with van der Waals surface area (Å²) in [6.07, 6.45) is 3.47. The maximum absolute atomic E-state index is 9.32. The van der Waals surface area contributed by atoms with Crippen LogP contribution in [0.3, 0.4) is 0 Å². The standard InChI is InChI=1S/C24H16N2O/c27-21-11-4-16(5-12-21)14-25-26-15-20-9-8-19-7-6-17-2-1-3-18-10-13-22(20)24(19)23(17)18/h1-15,27H. The molecule has 0 amide bonds. The molecule has 0 fully saturated rings. The Hall–Kier alpha value is -3.72. The highest BCUT2D eigenvalue weighted by Crippen LogP contribution is 2.35. The molecule has 27 heavy (non-hydrogen) atoms. The van der Waals surface area contributed by atoms with Crippen LogP contribution in [0.2, 0.25) is 0 Å². The minimum atomic E-state index is 0.240. The maximum Gasteiger partial charge on any atom is 0.115 e. The summed E-state index contributed by atoms with van der Waals surface area (Å²) < 4.78 is 0. The zero-order chi connectivity index (χ0) is 18.2. The first kappa shape index (κ1) is 15.5. The summed E-state index contributed by atoms with van der Waals surface area (Å²) in [5, 5.41) is 25.2. The largest absolute Gasteiger partial charge is 0.508 e. The number of nitrogens with zero attached hydrogens (tertiary/aromatic N) is 2. The molecule has 5 rings (SSSR count). The van der Waals surface area contributed by atoms with Crippen LogP contribution in [-0.4, -0.2) is 17.5 Å². The molecule has 128 valence electrons. The van der Waals surface area contributed by atoms with Crippen LogP contribution in [0.15, 0.2) is 89.1 Å². The SMILES string of the molecule is Oc1ccc(C=NN=Cc2ccc3ccc4cccc5ccc2c3c45)cc1. The molecule has 0 aliphatic heterocycles. The molecule has 0 aromatic heterocycles. The molecule has 3 heteroatoms. The Bertz CT molecular complexity index is 1300. The molecular weight excluding hydrogens is 332 g/mol. The highest BCUT2D eigenvalue weighted by molar-refractivity contribution is 6.25. The fourth-order valence-corrected chi connectivity index (χ4v) is 3.63. The van der Waals surface area contributed by atoms with Crippen LogP contribution in [0.5, 0.6) is 5.75 Å². The number of phenolic OH excluding ortho intramolecular Hbond substituents is 1. The van der Waals surface area contributed by atoms with Gasteiger partial charge in [-0.25, -0.2) is 0 Å².